The van der Waals surface area contributed by atoms with Crippen LogP contribution in [0.3, 0.4) is 0 Å². The summed E-state index contributed by atoms with van der Waals surface area (Å²) in [4.78, 5) is 0. The molecule has 0 spiro atoms. The van der Waals surface area contributed by atoms with E-state index in [1.54, 1.807) is 0 Å². The lowest BCUT2D eigenvalue weighted by Crippen LogP contribution is -2.23. The first-order valence-electron chi connectivity index (χ1n) is 7.79. The molecule has 1 saturated carbocycles. The van der Waals surface area contributed by atoms with Gasteiger partial charge in [0.05, 0.1) is 19.3 Å². The van der Waals surface area contributed by atoms with Crippen molar-refractivity contribution in [1.82, 2.24) is 0 Å². The highest BCUT2D eigenvalue weighted by molar-refractivity contribution is 7.49. The fourth-order valence-electron chi connectivity index (χ4n) is 2.81. The van der Waals surface area contributed by atoms with Crippen molar-refractivity contribution in [2.45, 2.75) is 63.1 Å². The molecule has 3 unspecified atom stereocenters. The summed E-state index contributed by atoms with van der Waals surface area (Å²) in [6, 6.07) is 0. The van der Waals surface area contributed by atoms with Gasteiger partial charge in [-0.05, 0) is 45.4 Å². The molecular weight excluding hydrogens is 258 g/mol. The number of rotatable bonds is 2. The van der Waals surface area contributed by atoms with Crippen LogP contribution in [0, 0.1) is 0 Å². The maximum Gasteiger partial charge on any atom is 0.118 e. The minimum atomic E-state index is -0.0573. The van der Waals surface area contributed by atoms with Crippen LogP contribution in [-0.4, -0.2) is 44.0 Å². The first-order chi connectivity index (χ1) is 9.72. The summed E-state index contributed by atoms with van der Waals surface area (Å²) in [6.07, 6.45) is 12.2. The topological polar surface area (TPSA) is 53.0 Å². The molecule has 1 heterocycles. The molecule has 0 aromatic carbocycles. The van der Waals surface area contributed by atoms with Gasteiger partial charge in [-0.15, -0.1) is 0 Å². The second-order valence-electron chi connectivity index (χ2n) is 5.34. The number of allylic oxidation sites excluding steroid dienone is 1. The van der Waals surface area contributed by atoms with E-state index in [9.17, 15) is 0 Å². The number of aliphatic hydroxyl groups is 2. The maximum atomic E-state index is 8.87. The minimum absolute atomic E-state index is 0.0573. The number of hydrogen-bond acceptors (Lipinski definition) is 3. The van der Waals surface area contributed by atoms with E-state index in [1.807, 2.05) is 0 Å². The van der Waals surface area contributed by atoms with Gasteiger partial charge in [-0.2, -0.15) is 9.12 Å². The molecule has 2 aliphatic carbocycles. The Balaban J connectivity index is 0.000000169. The monoisotopic (exact) mass is 287 g/mol. The average Bonchev–Trinajstić information content (AvgIpc) is 3.25. The fourth-order valence-corrected chi connectivity index (χ4v) is 2.81. The summed E-state index contributed by atoms with van der Waals surface area (Å²) in [5, 5.41) is 17.5. The van der Waals surface area contributed by atoms with Gasteiger partial charge in [0.25, 0.3) is 0 Å². The molecule has 0 aromatic heterocycles. The standard InChI is InChI=1S/C7H12O2.C7H12O.BH3P/c8-5-7-4-2-1-3-6(7)9-7;8-6-7-4-2-1-3-5-7;1-2/h6,8H,1-5H2;4,8H,1-3,5-6H2;1H,2H2/i;;1T. The lowest BCUT2D eigenvalue weighted by molar-refractivity contribution is 0.163. The van der Waals surface area contributed by atoms with E-state index in [0.717, 1.165) is 12.8 Å². The van der Waals surface area contributed by atoms with Gasteiger partial charge in [-0.25, -0.2) is 0 Å². The van der Waals surface area contributed by atoms with Crippen molar-refractivity contribution in [3.8, 4) is 0 Å². The third-order valence-electron chi connectivity index (χ3n) is 4.08. The van der Waals surface area contributed by atoms with Gasteiger partial charge in [-0.1, -0.05) is 18.9 Å². The van der Waals surface area contributed by atoms with Gasteiger partial charge in [0.2, 0.25) is 0 Å². The quantitative estimate of drug-likeness (QED) is 0.353. The van der Waals surface area contributed by atoms with Crippen molar-refractivity contribution in [3.05, 3.63) is 11.6 Å². The largest absolute Gasteiger partial charge is 0.393 e. The summed E-state index contributed by atoms with van der Waals surface area (Å²) >= 11 is 0. The number of hydrogen-bond donors (Lipinski definition) is 2. The van der Waals surface area contributed by atoms with Gasteiger partial charge in [-0.3, -0.25) is 0 Å². The molecule has 3 atom stereocenters. The lowest BCUT2D eigenvalue weighted by Gasteiger charge is -2.12. The van der Waals surface area contributed by atoms with Gasteiger partial charge in [0.1, 0.15) is 13.1 Å². The summed E-state index contributed by atoms with van der Waals surface area (Å²) in [6.45, 7) is 0.512. The summed E-state index contributed by atoms with van der Waals surface area (Å²) in [7, 11) is 3.29. The molecule has 1 saturated heterocycles. The zero-order valence-electron chi connectivity index (χ0n) is 12.7. The zero-order chi connectivity index (χ0) is 14.8. The highest BCUT2D eigenvalue weighted by Gasteiger charge is 2.56. The Morgan fingerprint density at radius 2 is 2.21 bits per heavy atom. The molecule has 3 aliphatic rings. The van der Waals surface area contributed by atoms with Crippen LogP contribution in [0.25, 0.3) is 0 Å². The van der Waals surface area contributed by atoms with E-state index in [-0.39, 0.29) is 18.8 Å². The number of epoxide rings is 1. The Hall–Kier alpha value is 0.115. The van der Waals surface area contributed by atoms with Crippen LogP contribution in [0.2, 0.25) is 0 Å². The van der Waals surface area contributed by atoms with E-state index in [2.05, 4.69) is 15.2 Å². The van der Waals surface area contributed by atoms with Gasteiger partial charge in [0.15, 0.2) is 0 Å². The van der Waals surface area contributed by atoms with Crippen molar-refractivity contribution in [3.63, 3.8) is 0 Å². The molecule has 2 fully saturated rings. The van der Waals surface area contributed by atoms with Crippen molar-refractivity contribution in [1.29, 1.82) is 1.34 Å². The van der Waals surface area contributed by atoms with Crippen molar-refractivity contribution in [2.75, 3.05) is 13.2 Å². The molecule has 3 nitrogen and oxygen atoms in total. The SMILES string of the molecule is OCC12CCCCC1O2.OCC1=CCCCC1.[3H][B]P. The molecule has 1 radical (unpaired) electrons. The van der Waals surface area contributed by atoms with Crippen molar-refractivity contribution < 1.29 is 14.9 Å². The average molecular weight is 287 g/mol. The van der Waals surface area contributed by atoms with E-state index in [0.29, 0.717) is 6.10 Å². The summed E-state index contributed by atoms with van der Waals surface area (Å²) in [5.74, 6) is 0. The molecule has 0 amide bonds. The Morgan fingerprint density at radius 3 is 2.63 bits per heavy atom. The number of fused-ring (bicyclic) bond motifs is 1. The minimum Gasteiger partial charge on any atom is -0.393 e. The molecule has 19 heavy (non-hydrogen) atoms. The van der Waals surface area contributed by atoms with Gasteiger partial charge in [0, 0.05) is 0 Å². The number of aliphatic hydroxyl groups excluding tert-OH is 2. The predicted molar refractivity (Wildman–Crippen MR) is 83.7 cm³/mol. The Kier molecular flexibility index (Phi) is 7.45. The molecule has 2 N–H and O–H groups in total. The van der Waals surface area contributed by atoms with E-state index < -0.39 is 0 Å². The first kappa shape index (κ1) is 15.5. The van der Waals surface area contributed by atoms with E-state index >= 15 is 0 Å². The normalized spacial score (nSPS) is 32.3. The van der Waals surface area contributed by atoms with Crippen LogP contribution in [0.4, 0.5) is 0 Å². The summed E-state index contributed by atoms with van der Waals surface area (Å²) < 4.78 is 11.4. The molecule has 0 bridgehead atoms. The molecule has 0 aromatic rings. The summed E-state index contributed by atoms with van der Waals surface area (Å²) in [5.41, 5.74) is 1.18. The first-order valence-corrected chi connectivity index (χ1v) is 7.88. The van der Waals surface area contributed by atoms with E-state index in [1.165, 1.54) is 51.6 Å². The molecule has 109 valence electrons. The Labute approximate surface area is 121 Å². The lowest BCUT2D eigenvalue weighted by atomic mass is 9.90. The third kappa shape index (κ3) is 5.19. The van der Waals surface area contributed by atoms with Crippen LogP contribution in [0.5, 0.6) is 0 Å². The van der Waals surface area contributed by atoms with Gasteiger partial charge >= 0.3 is 0 Å². The van der Waals surface area contributed by atoms with Crippen LogP contribution < -0.4 is 0 Å². The van der Waals surface area contributed by atoms with Crippen LogP contribution >= 0.6 is 9.12 Å². The third-order valence-corrected chi connectivity index (χ3v) is 4.08. The van der Waals surface area contributed by atoms with Crippen molar-refractivity contribution >= 4 is 16.6 Å². The molecule has 3 rings (SSSR count). The van der Waals surface area contributed by atoms with Crippen LogP contribution in [-0.2, 0) is 4.74 Å². The van der Waals surface area contributed by atoms with Crippen LogP contribution in [0.1, 0.15) is 51.4 Å². The number of ether oxygens (including phenoxy) is 1. The Morgan fingerprint density at radius 1 is 1.42 bits per heavy atom. The molecular formula is C14H27BO3P. The second-order valence-corrected chi connectivity index (χ2v) is 5.34. The highest BCUT2D eigenvalue weighted by atomic mass is 31.0. The molecule has 5 heteroatoms. The maximum absolute atomic E-state index is 8.87. The van der Waals surface area contributed by atoms with Crippen molar-refractivity contribution in [2.24, 2.45) is 0 Å². The zero-order valence-corrected chi connectivity index (χ0v) is 12.8. The molecule has 1 aliphatic heterocycles. The highest BCUT2D eigenvalue weighted by Crippen LogP contribution is 2.47. The Bertz CT molecular complexity index is 304. The predicted octanol–water partition coefficient (Wildman–Crippen LogP) is 1.85. The van der Waals surface area contributed by atoms with E-state index in [4.69, 9.17) is 16.3 Å². The fraction of sp³-hybridized carbons (Fsp3) is 0.857. The smallest absolute Gasteiger partial charge is 0.118 e. The van der Waals surface area contributed by atoms with Crippen LogP contribution in [0.15, 0.2) is 11.6 Å². The van der Waals surface area contributed by atoms with Gasteiger partial charge < -0.3 is 14.9 Å². The second kappa shape index (κ2) is 9.12.